The van der Waals surface area contributed by atoms with Gasteiger partial charge >= 0.3 is 11.8 Å². The van der Waals surface area contributed by atoms with Crippen molar-refractivity contribution in [2.24, 2.45) is 0 Å². The van der Waals surface area contributed by atoms with Gasteiger partial charge in [0.25, 0.3) is 0 Å². The SMILES string of the molecule is COC(C)(C)c1nnc2c3nnc(N4CCN(C(=O)OC(C)(C)C)CC4)cc3n(Cc3ccc(Cl)cc3)c(=O)n12. The third-order valence-corrected chi connectivity index (χ3v) is 7.16. The summed E-state index contributed by atoms with van der Waals surface area (Å²) in [5.74, 6) is 0.966. The number of hydrogen-bond donors (Lipinski definition) is 0. The number of fused-ring (bicyclic) bond motifs is 3. The molecule has 0 saturated carbocycles. The van der Waals surface area contributed by atoms with Crippen molar-refractivity contribution < 1.29 is 14.3 Å². The Balaban J connectivity index is 1.56. The van der Waals surface area contributed by atoms with E-state index in [1.165, 1.54) is 4.40 Å². The maximum absolute atomic E-state index is 14.0. The summed E-state index contributed by atoms with van der Waals surface area (Å²) < 4.78 is 14.2. The molecule has 1 fully saturated rings. The molecule has 40 heavy (non-hydrogen) atoms. The number of piperazine rings is 1. The van der Waals surface area contributed by atoms with Crippen molar-refractivity contribution in [2.75, 3.05) is 38.2 Å². The van der Waals surface area contributed by atoms with Crippen molar-refractivity contribution in [3.63, 3.8) is 0 Å². The van der Waals surface area contributed by atoms with Crippen molar-refractivity contribution in [1.82, 2.24) is 34.3 Å². The number of methoxy groups -OCH3 is 1. The van der Waals surface area contributed by atoms with Crippen molar-refractivity contribution in [1.29, 1.82) is 0 Å². The molecule has 0 atom stereocenters. The number of hydrogen-bond acceptors (Lipinski definition) is 9. The average molecular weight is 569 g/mol. The first-order valence-electron chi connectivity index (χ1n) is 13.1. The molecule has 1 aliphatic heterocycles. The fourth-order valence-electron chi connectivity index (χ4n) is 4.58. The van der Waals surface area contributed by atoms with Gasteiger partial charge in [-0.05, 0) is 52.3 Å². The average Bonchev–Trinajstić information content (AvgIpc) is 3.38. The highest BCUT2D eigenvalue weighted by atomic mass is 35.5. The first-order valence-corrected chi connectivity index (χ1v) is 13.4. The van der Waals surface area contributed by atoms with Crippen LogP contribution in [-0.4, -0.2) is 79.2 Å². The Morgan fingerprint density at radius 2 is 1.65 bits per heavy atom. The van der Waals surface area contributed by atoms with Gasteiger partial charge in [0, 0.05) is 44.4 Å². The van der Waals surface area contributed by atoms with Crippen LogP contribution in [0.5, 0.6) is 0 Å². The summed E-state index contributed by atoms with van der Waals surface area (Å²) in [6.07, 6.45) is -0.336. The molecule has 5 rings (SSSR count). The van der Waals surface area contributed by atoms with Gasteiger partial charge in [0.2, 0.25) is 0 Å². The van der Waals surface area contributed by atoms with E-state index in [-0.39, 0.29) is 18.3 Å². The van der Waals surface area contributed by atoms with Gasteiger partial charge in [0.05, 0.1) is 12.1 Å². The van der Waals surface area contributed by atoms with E-state index >= 15 is 0 Å². The van der Waals surface area contributed by atoms with E-state index in [9.17, 15) is 9.59 Å². The van der Waals surface area contributed by atoms with E-state index in [1.54, 1.807) is 28.7 Å². The van der Waals surface area contributed by atoms with Crippen LogP contribution in [0.4, 0.5) is 10.6 Å². The van der Waals surface area contributed by atoms with Gasteiger partial charge in [0.1, 0.15) is 11.2 Å². The second kappa shape index (κ2) is 10.3. The molecular weight excluding hydrogens is 536 g/mol. The predicted octanol–water partition coefficient (Wildman–Crippen LogP) is 3.47. The van der Waals surface area contributed by atoms with E-state index < -0.39 is 11.2 Å². The van der Waals surface area contributed by atoms with Crippen molar-refractivity contribution in [3.8, 4) is 0 Å². The topological polar surface area (TPSA) is 120 Å². The Labute approximate surface area is 236 Å². The van der Waals surface area contributed by atoms with Crippen LogP contribution in [0.1, 0.15) is 46.0 Å². The van der Waals surface area contributed by atoms with E-state index in [0.717, 1.165) is 5.56 Å². The number of carbonyl (C=O) groups is 1. The van der Waals surface area contributed by atoms with Gasteiger partial charge in [-0.3, -0.25) is 4.57 Å². The molecule has 0 radical (unpaired) electrons. The molecular formula is C27H33ClN8O4. The number of benzene rings is 1. The van der Waals surface area contributed by atoms with Crippen LogP contribution in [0.25, 0.3) is 16.7 Å². The van der Waals surface area contributed by atoms with Crippen LogP contribution in [0.3, 0.4) is 0 Å². The maximum Gasteiger partial charge on any atom is 0.410 e. The Morgan fingerprint density at radius 3 is 2.27 bits per heavy atom. The van der Waals surface area contributed by atoms with Crippen molar-refractivity contribution in [2.45, 2.75) is 52.4 Å². The van der Waals surface area contributed by atoms with Gasteiger partial charge in [-0.2, -0.15) is 0 Å². The number of rotatable bonds is 5. The highest BCUT2D eigenvalue weighted by Gasteiger charge is 2.31. The number of carbonyl (C=O) groups excluding carboxylic acids is 1. The van der Waals surface area contributed by atoms with E-state index in [2.05, 4.69) is 20.4 Å². The zero-order chi connectivity index (χ0) is 28.8. The molecule has 0 aliphatic carbocycles. The van der Waals surface area contributed by atoms with Gasteiger partial charge in [-0.1, -0.05) is 23.7 Å². The largest absolute Gasteiger partial charge is 0.444 e. The molecule has 4 aromatic rings. The highest BCUT2D eigenvalue weighted by molar-refractivity contribution is 6.30. The number of halogens is 1. The molecule has 1 aliphatic rings. The van der Waals surface area contributed by atoms with Crippen molar-refractivity contribution in [3.05, 3.63) is 57.2 Å². The third-order valence-electron chi connectivity index (χ3n) is 6.91. The minimum atomic E-state index is -0.870. The zero-order valence-corrected chi connectivity index (χ0v) is 24.3. The number of ether oxygens (including phenoxy) is 2. The summed E-state index contributed by atoms with van der Waals surface area (Å²) in [6, 6.07) is 9.18. The maximum atomic E-state index is 14.0. The second-order valence-corrected chi connectivity index (χ2v) is 11.7. The third kappa shape index (κ3) is 5.33. The van der Waals surface area contributed by atoms with Crippen LogP contribution in [0, 0.1) is 0 Å². The van der Waals surface area contributed by atoms with Crippen LogP contribution >= 0.6 is 11.6 Å². The Morgan fingerprint density at radius 1 is 0.975 bits per heavy atom. The van der Waals surface area contributed by atoms with Crippen LogP contribution in [0.15, 0.2) is 35.1 Å². The minimum Gasteiger partial charge on any atom is -0.444 e. The Kier molecular flexibility index (Phi) is 7.17. The zero-order valence-electron chi connectivity index (χ0n) is 23.5. The summed E-state index contributed by atoms with van der Waals surface area (Å²) in [4.78, 5) is 30.3. The standard InChI is InChI=1S/C27H33ClN8O4/c1-26(2,3)40-25(38)34-13-11-33(12-14-34)20-15-19-21(30-29-20)22-31-32-23(27(4,5)39-6)36(22)24(37)35(19)16-17-7-9-18(28)10-8-17/h7-10,15H,11-14,16H2,1-6H3. The lowest BCUT2D eigenvalue weighted by Gasteiger charge is -2.36. The smallest absolute Gasteiger partial charge is 0.410 e. The van der Waals surface area contributed by atoms with Crippen molar-refractivity contribution >= 4 is 40.2 Å². The fourth-order valence-corrected chi connectivity index (χ4v) is 4.71. The molecule has 0 bridgehead atoms. The lowest BCUT2D eigenvalue weighted by Crippen LogP contribution is -2.50. The lowest BCUT2D eigenvalue weighted by atomic mass is 10.1. The number of nitrogens with zero attached hydrogens (tertiary/aromatic N) is 8. The monoisotopic (exact) mass is 568 g/mol. The minimum absolute atomic E-state index is 0.269. The number of amides is 1. The molecule has 0 spiro atoms. The lowest BCUT2D eigenvalue weighted by molar-refractivity contribution is 0.0103. The summed E-state index contributed by atoms with van der Waals surface area (Å²) >= 11 is 6.10. The summed E-state index contributed by atoms with van der Waals surface area (Å²) in [5.41, 5.74) is 0.453. The quantitative estimate of drug-likeness (QED) is 0.356. The Bertz CT molecular complexity index is 1620. The fraction of sp³-hybridized carbons (Fsp3) is 0.481. The number of aromatic nitrogens is 6. The Hall–Kier alpha value is -3.77. The number of anilines is 1. The molecule has 1 amide bonds. The van der Waals surface area contributed by atoms with Crippen LogP contribution in [0.2, 0.25) is 5.02 Å². The van der Waals surface area contributed by atoms with E-state index in [4.69, 9.17) is 21.1 Å². The van der Waals surface area contributed by atoms with E-state index in [1.807, 2.05) is 57.7 Å². The molecule has 212 valence electrons. The molecule has 0 unspecified atom stereocenters. The molecule has 3 aromatic heterocycles. The van der Waals surface area contributed by atoms with Crippen LogP contribution in [-0.2, 0) is 21.6 Å². The summed E-state index contributed by atoms with van der Waals surface area (Å²) in [6.45, 7) is 11.5. The molecule has 13 heteroatoms. The van der Waals surface area contributed by atoms with Gasteiger partial charge in [0.15, 0.2) is 22.8 Å². The molecule has 0 N–H and O–H groups in total. The molecule has 4 heterocycles. The predicted molar refractivity (Wildman–Crippen MR) is 151 cm³/mol. The highest BCUT2D eigenvalue weighted by Crippen LogP contribution is 2.26. The van der Waals surface area contributed by atoms with Gasteiger partial charge in [-0.25, -0.2) is 14.0 Å². The summed E-state index contributed by atoms with van der Waals surface area (Å²) in [5, 5.41) is 18.2. The summed E-state index contributed by atoms with van der Waals surface area (Å²) in [7, 11) is 1.56. The molecule has 12 nitrogen and oxygen atoms in total. The van der Waals surface area contributed by atoms with Crippen LogP contribution < -0.4 is 10.6 Å². The van der Waals surface area contributed by atoms with E-state index in [0.29, 0.717) is 59.5 Å². The second-order valence-electron chi connectivity index (χ2n) is 11.3. The normalized spacial score (nSPS) is 14.8. The first kappa shape index (κ1) is 27.8. The van der Waals surface area contributed by atoms with Gasteiger partial charge < -0.3 is 19.3 Å². The van der Waals surface area contributed by atoms with Gasteiger partial charge in [-0.15, -0.1) is 20.4 Å². The molecule has 1 aromatic carbocycles. The first-order chi connectivity index (χ1) is 18.9. The molecule has 1 saturated heterocycles.